The first-order chi connectivity index (χ1) is 10.0. The number of rotatable bonds is 4. The quantitative estimate of drug-likeness (QED) is 0.709. The fourth-order valence-electron chi connectivity index (χ4n) is 1.59. The van der Waals surface area contributed by atoms with Crippen molar-refractivity contribution in [2.75, 3.05) is 6.54 Å². The number of halogens is 1. The van der Waals surface area contributed by atoms with Gasteiger partial charge in [-0.15, -0.1) is 0 Å². The predicted molar refractivity (Wildman–Crippen MR) is 74.9 cm³/mol. The van der Waals surface area contributed by atoms with Gasteiger partial charge in [-0.2, -0.15) is 0 Å². The molecule has 1 aromatic heterocycles. The number of benzene rings is 1. The number of imidazole rings is 1. The third-order valence-electron chi connectivity index (χ3n) is 2.54. The number of aromatic nitrogens is 2. The molecule has 2 rings (SSSR count). The topological polar surface area (TPSA) is 101 Å². The largest absolute Gasteiger partial charge is 0.347 e. The van der Waals surface area contributed by atoms with E-state index >= 15 is 0 Å². The maximum Gasteiger partial charge on any atom is 0.243 e. The Morgan fingerprint density at radius 1 is 1.43 bits per heavy atom. The molecular weight excluding hydrogens is 295 g/mol. The first-order valence-corrected chi connectivity index (χ1v) is 7.47. The second-order valence-electron chi connectivity index (χ2n) is 4.01. The summed E-state index contributed by atoms with van der Waals surface area (Å²) < 4.78 is 40.2. The van der Waals surface area contributed by atoms with Crippen LogP contribution in [0.15, 0.2) is 35.5 Å². The van der Waals surface area contributed by atoms with Crippen molar-refractivity contribution in [2.45, 2.75) is 11.4 Å². The summed E-state index contributed by atoms with van der Waals surface area (Å²) in [5.74, 6) is 4.77. The molecule has 0 atom stereocenters. The van der Waals surface area contributed by atoms with Crippen LogP contribution in [0.3, 0.4) is 0 Å². The Morgan fingerprint density at radius 3 is 2.86 bits per heavy atom. The standard InChI is InChI=1S/C13H13FN4O2S/c14-11-8-10(2-1-5-15)3-4-12(11)21(19,20)18-9-13-16-6-7-17-13/h3-4,6-8,18H,5,9,15H2,(H,16,17). The number of aromatic amines is 1. The molecule has 0 aliphatic heterocycles. The first-order valence-electron chi connectivity index (χ1n) is 5.99. The van der Waals surface area contributed by atoms with Crippen LogP contribution in [0.2, 0.25) is 0 Å². The van der Waals surface area contributed by atoms with Gasteiger partial charge in [0.2, 0.25) is 10.0 Å². The Balaban J connectivity index is 2.19. The van der Waals surface area contributed by atoms with Crippen LogP contribution in [-0.4, -0.2) is 24.9 Å². The summed E-state index contributed by atoms with van der Waals surface area (Å²) in [5.41, 5.74) is 5.58. The monoisotopic (exact) mass is 308 g/mol. The zero-order valence-corrected chi connectivity index (χ0v) is 11.7. The fourth-order valence-corrected chi connectivity index (χ4v) is 2.63. The highest BCUT2D eigenvalue weighted by Gasteiger charge is 2.19. The molecule has 0 aliphatic carbocycles. The summed E-state index contributed by atoms with van der Waals surface area (Å²) in [4.78, 5) is 6.19. The highest BCUT2D eigenvalue weighted by Crippen LogP contribution is 2.15. The molecule has 0 bridgehead atoms. The molecule has 1 heterocycles. The normalized spacial score (nSPS) is 11.0. The van der Waals surface area contributed by atoms with Gasteiger partial charge >= 0.3 is 0 Å². The summed E-state index contributed by atoms with van der Waals surface area (Å²) in [6, 6.07) is 3.65. The molecule has 110 valence electrons. The summed E-state index contributed by atoms with van der Waals surface area (Å²) in [6.07, 6.45) is 3.06. The number of nitrogens with one attached hydrogen (secondary N) is 2. The van der Waals surface area contributed by atoms with Gasteiger partial charge in [-0.05, 0) is 18.2 Å². The lowest BCUT2D eigenvalue weighted by Gasteiger charge is -2.06. The van der Waals surface area contributed by atoms with Crippen molar-refractivity contribution in [3.63, 3.8) is 0 Å². The summed E-state index contributed by atoms with van der Waals surface area (Å²) in [5, 5.41) is 0. The minimum atomic E-state index is -3.96. The second kappa shape index (κ2) is 6.49. The van der Waals surface area contributed by atoms with Crippen LogP contribution in [0, 0.1) is 17.7 Å². The fraction of sp³-hybridized carbons (Fsp3) is 0.154. The molecule has 4 N–H and O–H groups in total. The van der Waals surface area contributed by atoms with Crippen LogP contribution >= 0.6 is 0 Å². The second-order valence-corrected chi connectivity index (χ2v) is 5.75. The van der Waals surface area contributed by atoms with Gasteiger partial charge < -0.3 is 10.7 Å². The molecule has 8 heteroatoms. The number of nitrogens with zero attached hydrogens (tertiary/aromatic N) is 1. The van der Waals surface area contributed by atoms with Gasteiger partial charge in [-0.3, -0.25) is 0 Å². The van der Waals surface area contributed by atoms with Gasteiger partial charge in [0.15, 0.2) is 0 Å². The highest BCUT2D eigenvalue weighted by molar-refractivity contribution is 7.89. The van der Waals surface area contributed by atoms with Crippen LogP contribution in [0.5, 0.6) is 0 Å². The number of hydrogen-bond acceptors (Lipinski definition) is 4. The van der Waals surface area contributed by atoms with E-state index in [1.165, 1.54) is 18.3 Å². The van der Waals surface area contributed by atoms with Gasteiger partial charge in [0.1, 0.15) is 16.5 Å². The van der Waals surface area contributed by atoms with E-state index in [1.54, 1.807) is 6.20 Å². The van der Waals surface area contributed by atoms with Crippen molar-refractivity contribution >= 4 is 10.0 Å². The lowest BCUT2D eigenvalue weighted by molar-refractivity contribution is 0.555. The molecule has 0 spiro atoms. The molecule has 0 saturated heterocycles. The van der Waals surface area contributed by atoms with Crippen LogP contribution < -0.4 is 10.5 Å². The number of hydrogen-bond donors (Lipinski definition) is 3. The maximum absolute atomic E-state index is 13.9. The zero-order valence-electron chi connectivity index (χ0n) is 10.9. The van der Waals surface area contributed by atoms with Crippen molar-refractivity contribution in [2.24, 2.45) is 5.73 Å². The van der Waals surface area contributed by atoms with E-state index in [2.05, 4.69) is 26.5 Å². The Labute approximate surface area is 121 Å². The van der Waals surface area contributed by atoms with Crippen molar-refractivity contribution in [1.82, 2.24) is 14.7 Å². The van der Waals surface area contributed by atoms with Gasteiger partial charge in [0.25, 0.3) is 0 Å². The molecule has 1 aromatic carbocycles. The molecule has 0 amide bonds. The van der Waals surface area contributed by atoms with Crippen LogP contribution in [0.25, 0.3) is 0 Å². The van der Waals surface area contributed by atoms with E-state index in [-0.39, 0.29) is 13.1 Å². The molecule has 0 unspecified atom stereocenters. The minimum absolute atomic E-state index is 0.0521. The number of sulfonamides is 1. The van der Waals surface area contributed by atoms with Crippen LogP contribution in [0.1, 0.15) is 11.4 Å². The molecule has 2 aromatic rings. The van der Waals surface area contributed by atoms with Crippen molar-refractivity contribution in [3.8, 4) is 11.8 Å². The van der Waals surface area contributed by atoms with E-state index in [4.69, 9.17) is 5.73 Å². The van der Waals surface area contributed by atoms with Crippen molar-refractivity contribution in [3.05, 3.63) is 47.8 Å². The summed E-state index contributed by atoms with van der Waals surface area (Å²) in [7, 11) is -3.96. The number of nitrogens with two attached hydrogens (primary N) is 1. The van der Waals surface area contributed by atoms with Gasteiger partial charge in [-0.25, -0.2) is 22.5 Å². The Kier molecular flexibility index (Phi) is 4.70. The summed E-state index contributed by atoms with van der Waals surface area (Å²) in [6.45, 7) is 0.0931. The van der Waals surface area contributed by atoms with E-state index in [0.29, 0.717) is 11.4 Å². The van der Waals surface area contributed by atoms with E-state index in [1.807, 2.05) is 0 Å². The Bertz CT molecular complexity index is 776. The van der Waals surface area contributed by atoms with Gasteiger partial charge in [0, 0.05) is 18.0 Å². The number of H-pyrrole nitrogens is 1. The van der Waals surface area contributed by atoms with Crippen LogP contribution in [0.4, 0.5) is 4.39 Å². The lowest BCUT2D eigenvalue weighted by atomic mass is 10.2. The minimum Gasteiger partial charge on any atom is -0.347 e. The highest BCUT2D eigenvalue weighted by atomic mass is 32.2. The zero-order chi connectivity index (χ0) is 15.3. The Hall–Kier alpha value is -2.21. The smallest absolute Gasteiger partial charge is 0.243 e. The molecular formula is C13H13FN4O2S. The van der Waals surface area contributed by atoms with Crippen molar-refractivity contribution < 1.29 is 12.8 Å². The third-order valence-corrected chi connectivity index (χ3v) is 3.98. The molecule has 0 fully saturated rings. The first kappa shape index (κ1) is 15.2. The maximum atomic E-state index is 13.9. The van der Waals surface area contributed by atoms with Crippen molar-refractivity contribution in [1.29, 1.82) is 0 Å². The SMILES string of the molecule is NCC#Cc1ccc(S(=O)(=O)NCc2ncc[nH]2)c(F)c1. The van der Waals surface area contributed by atoms with E-state index < -0.39 is 20.7 Å². The van der Waals surface area contributed by atoms with Gasteiger partial charge in [0.05, 0.1) is 13.1 Å². The van der Waals surface area contributed by atoms with Gasteiger partial charge in [-0.1, -0.05) is 11.8 Å². The average molecular weight is 308 g/mol. The third kappa shape index (κ3) is 3.88. The molecule has 0 radical (unpaired) electrons. The predicted octanol–water partition coefficient (Wildman–Crippen LogP) is 0.338. The molecule has 6 nitrogen and oxygen atoms in total. The lowest BCUT2D eigenvalue weighted by Crippen LogP contribution is -2.24. The molecule has 0 saturated carbocycles. The average Bonchev–Trinajstić information content (AvgIpc) is 2.96. The molecule has 21 heavy (non-hydrogen) atoms. The molecule has 0 aliphatic rings. The van der Waals surface area contributed by atoms with E-state index in [0.717, 1.165) is 6.07 Å². The van der Waals surface area contributed by atoms with E-state index in [9.17, 15) is 12.8 Å². The summed E-state index contributed by atoms with van der Waals surface area (Å²) >= 11 is 0. The Morgan fingerprint density at radius 2 is 2.24 bits per heavy atom. The van der Waals surface area contributed by atoms with Crippen LogP contribution in [-0.2, 0) is 16.6 Å².